The number of ether oxygens (including phenoxy) is 1. The molecule has 0 saturated carbocycles. The second kappa shape index (κ2) is 11.3. The molecule has 1 saturated heterocycles. The quantitative estimate of drug-likeness (QED) is 0.679. The highest BCUT2D eigenvalue weighted by molar-refractivity contribution is 6.33. The van der Waals surface area contributed by atoms with Crippen molar-refractivity contribution in [1.82, 2.24) is 20.0 Å². The van der Waals surface area contributed by atoms with Crippen LogP contribution in [0.4, 0.5) is 0 Å². The Kier molecular flexibility index (Phi) is 8.14. The van der Waals surface area contributed by atoms with Gasteiger partial charge in [-0.1, -0.05) is 36.2 Å². The molecule has 7 nitrogen and oxygen atoms in total. The number of rotatable bonds is 2. The summed E-state index contributed by atoms with van der Waals surface area (Å²) in [6.07, 6.45) is 8.76. The number of aromatic nitrogens is 2. The molecule has 0 unspecified atom stereocenters. The molecule has 0 atom stereocenters. The zero-order valence-corrected chi connectivity index (χ0v) is 20.8. The van der Waals surface area contributed by atoms with E-state index in [1.807, 2.05) is 24.0 Å². The molecule has 0 bridgehead atoms. The molecule has 2 amide bonds. The summed E-state index contributed by atoms with van der Waals surface area (Å²) in [5.74, 6) is 0.906. The van der Waals surface area contributed by atoms with Crippen molar-refractivity contribution in [2.75, 3.05) is 26.2 Å². The van der Waals surface area contributed by atoms with Crippen molar-refractivity contribution in [3.63, 3.8) is 0 Å². The third-order valence-electron chi connectivity index (χ3n) is 7.20. The number of likely N-dealkylation sites (tertiary alicyclic amines) is 1. The van der Waals surface area contributed by atoms with Gasteiger partial charge in [-0.3, -0.25) is 14.3 Å². The molecule has 2 aromatic rings. The number of nitrogens with one attached hydrogen (secondary N) is 1. The van der Waals surface area contributed by atoms with Crippen LogP contribution in [0.2, 0.25) is 5.02 Å². The minimum Gasteiger partial charge on any atom is -0.493 e. The topological polar surface area (TPSA) is 76.5 Å². The van der Waals surface area contributed by atoms with Crippen molar-refractivity contribution >= 4 is 23.4 Å². The summed E-state index contributed by atoms with van der Waals surface area (Å²) >= 11 is 6.27. The van der Waals surface area contributed by atoms with E-state index in [0.29, 0.717) is 56.3 Å². The van der Waals surface area contributed by atoms with Gasteiger partial charge in [0.25, 0.3) is 5.91 Å². The largest absolute Gasteiger partial charge is 0.493 e. The molecule has 3 heterocycles. The maximum Gasteiger partial charge on any atom is 0.275 e. The van der Waals surface area contributed by atoms with Gasteiger partial charge in [-0.25, -0.2) is 0 Å². The highest BCUT2D eigenvalue weighted by Gasteiger charge is 2.37. The normalized spacial score (nSPS) is 19.6. The van der Waals surface area contributed by atoms with Gasteiger partial charge in [0.15, 0.2) is 5.69 Å². The lowest BCUT2D eigenvalue weighted by Gasteiger charge is -2.42. The Morgan fingerprint density at radius 3 is 2.71 bits per heavy atom. The number of nitrogens with zero attached hydrogens (tertiary/aromatic N) is 3. The molecular weight excluding hydrogens is 452 g/mol. The Morgan fingerprint density at radius 1 is 1.15 bits per heavy atom. The molecule has 1 aromatic heterocycles. The standard InChI is InChI=1S/C26H35ClN4O3/c1-2-31-18-21(27)24(29-31)25(33)30-15-13-26(14-16-30)12-6-5-9-20-8-3-4-10-22(20)34-17-7-11-23(32)28-19-26/h3-4,8,10,18H,2,5-7,9,11-17,19H2,1H3,(H,28,32). The lowest BCUT2D eigenvalue weighted by atomic mass is 9.74. The summed E-state index contributed by atoms with van der Waals surface area (Å²) in [5, 5.41) is 7.93. The minimum atomic E-state index is -0.103. The summed E-state index contributed by atoms with van der Waals surface area (Å²) in [4.78, 5) is 27.4. The number of fused-ring (bicyclic) bond motifs is 1. The summed E-state index contributed by atoms with van der Waals surface area (Å²) < 4.78 is 7.64. The molecule has 0 aliphatic carbocycles. The fourth-order valence-corrected chi connectivity index (χ4v) is 5.24. The fourth-order valence-electron chi connectivity index (χ4n) is 5.01. The smallest absolute Gasteiger partial charge is 0.275 e. The van der Waals surface area contributed by atoms with Gasteiger partial charge in [-0.2, -0.15) is 5.10 Å². The number of piperidine rings is 1. The summed E-state index contributed by atoms with van der Waals surface area (Å²) in [6, 6.07) is 8.21. The summed E-state index contributed by atoms with van der Waals surface area (Å²) in [5.41, 5.74) is 1.58. The Labute approximate surface area is 206 Å². The predicted molar refractivity (Wildman–Crippen MR) is 132 cm³/mol. The first-order chi connectivity index (χ1) is 16.5. The van der Waals surface area contributed by atoms with E-state index < -0.39 is 0 Å². The van der Waals surface area contributed by atoms with E-state index in [-0.39, 0.29) is 17.2 Å². The molecule has 1 N–H and O–H groups in total. The highest BCUT2D eigenvalue weighted by Crippen LogP contribution is 2.37. The van der Waals surface area contributed by atoms with Crippen LogP contribution in [-0.2, 0) is 17.8 Å². The second-order valence-electron chi connectivity index (χ2n) is 9.52. The van der Waals surface area contributed by atoms with Gasteiger partial charge in [-0.05, 0) is 62.5 Å². The zero-order chi connectivity index (χ0) is 24.0. The second-order valence-corrected chi connectivity index (χ2v) is 9.92. The van der Waals surface area contributed by atoms with Crippen LogP contribution in [0.1, 0.15) is 67.9 Å². The molecule has 8 heteroatoms. The number of aryl methyl sites for hydroxylation is 2. The first kappa shape index (κ1) is 24.6. The van der Waals surface area contributed by atoms with Crippen LogP contribution in [-0.4, -0.2) is 52.7 Å². The zero-order valence-electron chi connectivity index (χ0n) is 20.0. The Hall–Kier alpha value is -2.54. The van der Waals surface area contributed by atoms with E-state index in [9.17, 15) is 9.59 Å². The molecule has 1 aromatic carbocycles. The number of halogens is 1. The third-order valence-corrected chi connectivity index (χ3v) is 7.47. The number of carbonyl (C=O) groups excluding carboxylic acids is 2. The van der Waals surface area contributed by atoms with Gasteiger partial charge < -0.3 is 15.0 Å². The lowest BCUT2D eigenvalue weighted by Crippen LogP contribution is -2.48. The molecule has 184 valence electrons. The van der Waals surface area contributed by atoms with Gasteiger partial charge in [0.1, 0.15) is 5.75 Å². The van der Waals surface area contributed by atoms with E-state index in [1.54, 1.807) is 10.9 Å². The maximum atomic E-state index is 13.1. The first-order valence-corrected chi connectivity index (χ1v) is 12.9. The van der Waals surface area contributed by atoms with Crippen LogP contribution in [0.5, 0.6) is 5.75 Å². The van der Waals surface area contributed by atoms with Crippen molar-refractivity contribution in [3.8, 4) is 5.75 Å². The average Bonchev–Trinajstić information content (AvgIpc) is 3.24. The number of benzene rings is 1. The van der Waals surface area contributed by atoms with Crippen LogP contribution in [0.15, 0.2) is 30.5 Å². The Morgan fingerprint density at radius 2 is 1.94 bits per heavy atom. The molecule has 0 radical (unpaired) electrons. The van der Waals surface area contributed by atoms with Gasteiger partial charge in [-0.15, -0.1) is 0 Å². The van der Waals surface area contributed by atoms with E-state index in [0.717, 1.165) is 44.3 Å². The number of para-hydroxylation sites is 1. The highest BCUT2D eigenvalue weighted by atomic mass is 35.5. The van der Waals surface area contributed by atoms with Crippen LogP contribution in [0.25, 0.3) is 0 Å². The summed E-state index contributed by atoms with van der Waals surface area (Å²) in [6.45, 7) is 5.16. The predicted octanol–water partition coefficient (Wildman–Crippen LogP) is 4.48. The third kappa shape index (κ3) is 5.93. The monoisotopic (exact) mass is 486 g/mol. The van der Waals surface area contributed by atoms with Crippen molar-refractivity contribution in [1.29, 1.82) is 0 Å². The first-order valence-electron chi connectivity index (χ1n) is 12.5. The van der Waals surface area contributed by atoms with E-state index in [1.165, 1.54) is 5.56 Å². The van der Waals surface area contributed by atoms with Gasteiger partial charge >= 0.3 is 0 Å². The average molecular weight is 487 g/mol. The van der Waals surface area contributed by atoms with Crippen molar-refractivity contribution < 1.29 is 14.3 Å². The minimum absolute atomic E-state index is 0.0130. The molecule has 4 rings (SSSR count). The van der Waals surface area contributed by atoms with E-state index >= 15 is 0 Å². The van der Waals surface area contributed by atoms with Gasteiger partial charge in [0.05, 0.1) is 11.6 Å². The maximum absolute atomic E-state index is 13.1. The molecule has 1 spiro atoms. The fraction of sp³-hybridized carbons (Fsp3) is 0.577. The van der Waals surface area contributed by atoms with Crippen LogP contribution in [0.3, 0.4) is 0 Å². The number of amides is 2. The molecule has 1 fully saturated rings. The van der Waals surface area contributed by atoms with Gasteiger partial charge in [0.2, 0.25) is 5.91 Å². The molecule has 34 heavy (non-hydrogen) atoms. The van der Waals surface area contributed by atoms with Crippen molar-refractivity contribution in [2.24, 2.45) is 5.41 Å². The van der Waals surface area contributed by atoms with Crippen LogP contribution >= 0.6 is 11.6 Å². The lowest BCUT2D eigenvalue weighted by molar-refractivity contribution is -0.122. The van der Waals surface area contributed by atoms with Crippen LogP contribution in [0, 0.1) is 5.41 Å². The number of hydrogen-bond donors (Lipinski definition) is 1. The molecular formula is C26H35ClN4O3. The number of hydrogen-bond acceptors (Lipinski definition) is 4. The molecule has 2 aliphatic rings. The van der Waals surface area contributed by atoms with Crippen molar-refractivity contribution in [3.05, 3.63) is 46.7 Å². The Bertz CT molecular complexity index is 998. The molecule has 2 aliphatic heterocycles. The van der Waals surface area contributed by atoms with E-state index in [4.69, 9.17) is 16.3 Å². The Balaban J connectivity index is 1.41. The van der Waals surface area contributed by atoms with E-state index in [2.05, 4.69) is 22.5 Å². The van der Waals surface area contributed by atoms with Gasteiger partial charge in [0, 0.05) is 38.8 Å². The number of carbonyl (C=O) groups is 2. The summed E-state index contributed by atoms with van der Waals surface area (Å²) in [7, 11) is 0. The van der Waals surface area contributed by atoms with Crippen LogP contribution < -0.4 is 10.1 Å². The SMILES string of the molecule is CCn1cc(Cl)c(C(=O)N2CCC3(CCCCc4ccccc4OCCCC(=O)NC3)CC2)n1. The van der Waals surface area contributed by atoms with Crippen molar-refractivity contribution in [2.45, 2.75) is 64.8 Å².